The number of ether oxygens (including phenoxy) is 4. The summed E-state index contributed by atoms with van der Waals surface area (Å²) >= 11 is 0. The maximum atomic E-state index is 14.9. The Bertz CT molecular complexity index is 1410. The van der Waals surface area contributed by atoms with Crippen molar-refractivity contribution in [1.29, 1.82) is 0 Å². The lowest BCUT2D eigenvalue weighted by atomic mass is 10.0. The summed E-state index contributed by atoms with van der Waals surface area (Å²) < 4.78 is 145. The lowest BCUT2D eigenvalue weighted by Crippen LogP contribution is -2.30. The molecule has 3 aromatic carbocycles. The third kappa shape index (κ3) is 6.41. The molecule has 0 saturated carbocycles. The van der Waals surface area contributed by atoms with Crippen LogP contribution in [0.1, 0.15) is 23.0 Å². The number of rotatable bonds is 6. The van der Waals surface area contributed by atoms with Crippen molar-refractivity contribution < 1.29 is 58.5 Å². The van der Waals surface area contributed by atoms with Gasteiger partial charge in [0, 0.05) is 29.9 Å². The Morgan fingerprint density at radius 2 is 1.54 bits per heavy atom. The van der Waals surface area contributed by atoms with E-state index < -0.39 is 64.1 Å². The number of alkyl halides is 5. The fourth-order valence-corrected chi connectivity index (χ4v) is 3.89. The van der Waals surface area contributed by atoms with Crippen LogP contribution in [0.25, 0.3) is 10.8 Å². The SMILES string of the molecule is COCC1COC(c2cc(F)c(C(F)(F)Oc3ccc4c(F)c(C#CC(F)(F)F)c(F)cc4c3)c(F)c2)OC1. The Balaban J connectivity index is 1.59. The monoisotopic (exact) mass is 564 g/mol. The molecule has 0 aromatic heterocycles. The van der Waals surface area contributed by atoms with Gasteiger partial charge in [0.25, 0.3) is 0 Å². The summed E-state index contributed by atoms with van der Waals surface area (Å²) in [4.78, 5) is 0. The van der Waals surface area contributed by atoms with E-state index >= 15 is 0 Å². The van der Waals surface area contributed by atoms with Crippen LogP contribution in [0, 0.1) is 41.0 Å². The van der Waals surface area contributed by atoms with Crippen molar-refractivity contribution in [3.8, 4) is 17.6 Å². The second-order valence-electron chi connectivity index (χ2n) is 8.48. The third-order valence-corrected chi connectivity index (χ3v) is 5.57. The van der Waals surface area contributed by atoms with Gasteiger partial charge in [-0.3, -0.25) is 0 Å². The maximum absolute atomic E-state index is 14.9. The van der Waals surface area contributed by atoms with Crippen molar-refractivity contribution in [2.45, 2.75) is 18.6 Å². The van der Waals surface area contributed by atoms with Gasteiger partial charge in [0.15, 0.2) is 6.29 Å². The second kappa shape index (κ2) is 11.0. The third-order valence-electron chi connectivity index (χ3n) is 5.57. The van der Waals surface area contributed by atoms with Gasteiger partial charge < -0.3 is 18.9 Å². The Kier molecular flexibility index (Phi) is 8.02. The van der Waals surface area contributed by atoms with E-state index in [4.69, 9.17) is 14.2 Å². The zero-order valence-electron chi connectivity index (χ0n) is 19.8. The zero-order valence-corrected chi connectivity index (χ0v) is 19.8. The van der Waals surface area contributed by atoms with E-state index in [-0.39, 0.29) is 30.1 Å². The van der Waals surface area contributed by atoms with Crippen molar-refractivity contribution in [2.24, 2.45) is 5.92 Å². The molecule has 3 aromatic rings. The number of methoxy groups -OCH3 is 1. The molecular weight excluding hydrogens is 547 g/mol. The van der Waals surface area contributed by atoms with E-state index in [9.17, 15) is 39.5 Å². The van der Waals surface area contributed by atoms with Crippen LogP contribution in [0.2, 0.25) is 0 Å². The number of hydrogen-bond donors (Lipinski definition) is 0. The van der Waals surface area contributed by atoms with Gasteiger partial charge in [-0.2, -0.15) is 22.0 Å². The molecule has 0 radical (unpaired) electrons. The van der Waals surface area contributed by atoms with Gasteiger partial charge in [0.05, 0.1) is 25.4 Å². The Morgan fingerprint density at radius 1 is 0.897 bits per heavy atom. The van der Waals surface area contributed by atoms with Crippen LogP contribution in [-0.2, 0) is 20.3 Å². The van der Waals surface area contributed by atoms with Gasteiger partial charge in [-0.15, -0.1) is 0 Å². The normalized spacial score (nSPS) is 18.1. The maximum Gasteiger partial charge on any atom is 0.458 e. The Hall–Kier alpha value is -3.47. The first-order valence-corrected chi connectivity index (χ1v) is 11.1. The number of halogens is 9. The second-order valence-corrected chi connectivity index (χ2v) is 8.48. The van der Waals surface area contributed by atoms with E-state index in [0.717, 1.165) is 24.1 Å². The Labute approximate surface area is 215 Å². The molecule has 0 N–H and O–H groups in total. The average molecular weight is 564 g/mol. The zero-order chi connectivity index (χ0) is 28.5. The molecule has 13 heteroatoms. The smallest absolute Gasteiger partial charge is 0.429 e. The average Bonchev–Trinajstić information content (AvgIpc) is 2.82. The predicted molar refractivity (Wildman–Crippen MR) is 118 cm³/mol. The van der Waals surface area contributed by atoms with Crippen LogP contribution in [0.4, 0.5) is 39.5 Å². The van der Waals surface area contributed by atoms with Crippen LogP contribution in [0.15, 0.2) is 36.4 Å². The summed E-state index contributed by atoms with van der Waals surface area (Å²) in [5.74, 6) is -5.08. The standard InChI is InChI=1S/C26H17F9O4/c1-36-10-13-11-37-24(38-12-13)15-8-20(28)22(21(29)9-15)26(34,35)39-16-2-3-17-14(6-16)7-19(27)18(23(17)30)4-5-25(31,32)33/h2-3,6-9,13,24H,10-12H2,1H3. The molecule has 4 nitrogen and oxygen atoms in total. The van der Waals surface area contributed by atoms with Gasteiger partial charge in [-0.25, -0.2) is 17.6 Å². The van der Waals surface area contributed by atoms with Crippen LogP contribution >= 0.6 is 0 Å². The van der Waals surface area contributed by atoms with E-state index in [2.05, 4.69) is 4.74 Å². The molecule has 4 rings (SSSR count). The highest BCUT2D eigenvalue weighted by Gasteiger charge is 2.42. The topological polar surface area (TPSA) is 36.9 Å². The first-order valence-electron chi connectivity index (χ1n) is 11.1. The highest BCUT2D eigenvalue weighted by atomic mass is 19.4. The van der Waals surface area contributed by atoms with Gasteiger partial charge in [0.2, 0.25) is 0 Å². The summed E-state index contributed by atoms with van der Waals surface area (Å²) in [6, 6.07) is 4.07. The molecule has 0 spiro atoms. The van der Waals surface area contributed by atoms with E-state index in [1.165, 1.54) is 13.0 Å². The summed E-state index contributed by atoms with van der Waals surface area (Å²) in [6.45, 7) is 0.601. The number of benzene rings is 3. The first kappa shape index (κ1) is 28.5. The molecular formula is C26H17F9O4. The van der Waals surface area contributed by atoms with E-state index in [1.807, 2.05) is 0 Å². The fraction of sp³-hybridized carbons (Fsp3) is 0.308. The summed E-state index contributed by atoms with van der Waals surface area (Å²) in [5.41, 5.74) is -3.11. The lowest BCUT2D eigenvalue weighted by molar-refractivity contribution is -0.211. The Morgan fingerprint density at radius 3 is 2.13 bits per heavy atom. The van der Waals surface area contributed by atoms with Crippen LogP contribution in [-0.4, -0.2) is 33.1 Å². The molecule has 1 aliphatic rings. The predicted octanol–water partition coefficient (Wildman–Crippen LogP) is 6.75. The van der Waals surface area contributed by atoms with Crippen molar-refractivity contribution >= 4 is 10.8 Å². The summed E-state index contributed by atoms with van der Waals surface area (Å²) in [5, 5.41) is -0.842. The highest BCUT2D eigenvalue weighted by molar-refractivity contribution is 5.86. The molecule has 1 aliphatic heterocycles. The minimum Gasteiger partial charge on any atom is -0.429 e. The van der Waals surface area contributed by atoms with Crippen molar-refractivity contribution in [3.05, 3.63) is 76.4 Å². The molecule has 0 atom stereocenters. The van der Waals surface area contributed by atoms with Crippen molar-refractivity contribution in [2.75, 3.05) is 26.9 Å². The molecule has 39 heavy (non-hydrogen) atoms. The summed E-state index contributed by atoms with van der Waals surface area (Å²) in [6.07, 6.45) is -10.8. The molecule has 1 heterocycles. The molecule has 1 saturated heterocycles. The molecule has 1 fully saturated rings. The van der Waals surface area contributed by atoms with Crippen molar-refractivity contribution in [1.82, 2.24) is 0 Å². The molecule has 0 aliphatic carbocycles. The molecule has 0 amide bonds. The van der Waals surface area contributed by atoms with Crippen LogP contribution in [0.5, 0.6) is 5.75 Å². The summed E-state index contributed by atoms with van der Waals surface area (Å²) in [7, 11) is 1.47. The molecule has 0 unspecified atom stereocenters. The van der Waals surface area contributed by atoms with Crippen LogP contribution < -0.4 is 4.74 Å². The van der Waals surface area contributed by atoms with Crippen LogP contribution in [0.3, 0.4) is 0 Å². The van der Waals surface area contributed by atoms with Gasteiger partial charge in [-0.05, 0) is 41.8 Å². The van der Waals surface area contributed by atoms with Gasteiger partial charge in [0.1, 0.15) is 34.6 Å². The van der Waals surface area contributed by atoms with Gasteiger partial charge >= 0.3 is 12.3 Å². The molecule has 0 bridgehead atoms. The largest absolute Gasteiger partial charge is 0.458 e. The highest BCUT2D eigenvalue weighted by Crippen LogP contribution is 2.38. The lowest BCUT2D eigenvalue weighted by Gasteiger charge is -2.29. The van der Waals surface area contributed by atoms with Gasteiger partial charge in [-0.1, -0.05) is 5.92 Å². The quantitative estimate of drug-likeness (QED) is 0.245. The molecule has 208 valence electrons. The first-order chi connectivity index (χ1) is 18.3. The van der Waals surface area contributed by atoms with Crippen molar-refractivity contribution in [3.63, 3.8) is 0 Å². The van der Waals surface area contributed by atoms with E-state index in [0.29, 0.717) is 24.8 Å². The fourth-order valence-electron chi connectivity index (χ4n) is 3.89. The van der Waals surface area contributed by atoms with E-state index in [1.54, 1.807) is 0 Å². The number of fused-ring (bicyclic) bond motifs is 1. The number of hydrogen-bond acceptors (Lipinski definition) is 4. The minimum atomic E-state index is -5.01. The minimum absolute atomic E-state index is 0.124.